The molecule has 0 atom stereocenters. The summed E-state index contributed by atoms with van der Waals surface area (Å²) in [4.78, 5) is 0. The minimum absolute atomic E-state index is 0.0598. The second kappa shape index (κ2) is 7.61. The molecule has 0 spiro atoms. The van der Waals surface area contributed by atoms with Crippen molar-refractivity contribution >= 4 is 0 Å². The Bertz CT molecular complexity index is 240. The van der Waals surface area contributed by atoms with Crippen LogP contribution in [0.2, 0.25) is 0 Å². The number of ether oxygens (including phenoxy) is 2. The Labute approximate surface area is 119 Å². The number of hydrogen-bond acceptors (Lipinski definition) is 3. The van der Waals surface area contributed by atoms with Crippen LogP contribution in [0.3, 0.4) is 0 Å². The molecule has 0 aromatic rings. The van der Waals surface area contributed by atoms with Gasteiger partial charge in [-0.1, -0.05) is 20.8 Å². The van der Waals surface area contributed by atoms with Crippen LogP contribution in [-0.4, -0.2) is 39.5 Å². The standard InChI is InChI=1S/C16H33NO2/c1-15(2,3)14-7-9-16(10-8-14,13-17-4)19-12-6-11-18-5/h14,17H,6-13H2,1-5H3. The van der Waals surface area contributed by atoms with Gasteiger partial charge in [-0.05, 0) is 50.5 Å². The molecule has 3 heteroatoms. The molecule has 0 bridgehead atoms. The molecule has 0 unspecified atom stereocenters. The minimum atomic E-state index is 0.0598. The molecule has 3 nitrogen and oxygen atoms in total. The molecule has 1 N–H and O–H groups in total. The highest BCUT2D eigenvalue weighted by atomic mass is 16.5. The monoisotopic (exact) mass is 271 g/mol. The topological polar surface area (TPSA) is 30.5 Å². The van der Waals surface area contributed by atoms with Crippen molar-refractivity contribution in [1.29, 1.82) is 0 Å². The predicted molar refractivity (Wildman–Crippen MR) is 80.5 cm³/mol. The third-order valence-corrected chi connectivity index (χ3v) is 4.52. The first-order valence-corrected chi connectivity index (χ1v) is 7.71. The fraction of sp³-hybridized carbons (Fsp3) is 1.00. The fourth-order valence-corrected chi connectivity index (χ4v) is 3.20. The molecule has 0 aliphatic heterocycles. The Morgan fingerprint density at radius 2 is 1.79 bits per heavy atom. The second-order valence-corrected chi connectivity index (χ2v) is 7.05. The first-order valence-electron chi connectivity index (χ1n) is 7.71. The van der Waals surface area contributed by atoms with Gasteiger partial charge in [0.15, 0.2) is 0 Å². The van der Waals surface area contributed by atoms with Crippen LogP contribution < -0.4 is 5.32 Å². The minimum Gasteiger partial charge on any atom is -0.385 e. The first-order chi connectivity index (χ1) is 8.93. The Balaban J connectivity index is 2.46. The van der Waals surface area contributed by atoms with Crippen LogP contribution in [0.5, 0.6) is 0 Å². The average Bonchev–Trinajstić information content (AvgIpc) is 2.35. The van der Waals surface area contributed by atoms with Crippen LogP contribution in [0.15, 0.2) is 0 Å². The normalized spacial score (nSPS) is 28.6. The smallest absolute Gasteiger partial charge is 0.0806 e. The van der Waals surface area contributed by atoms with Crippen molar-refractivity contribution in [2.75, 3.05) is 33.9 Å². The molecule has 0 heterocycles. The van der Waals surface area contributed by atoms with Gasteiger partial charge in [-0.2, -0.15) is 0 Å². The lowest BCUT2D eigenvalue weighted by Gasteiger charge is -2.44. The zero-order valence-electron chi connectivity index (χ0n) is 13.6. The van der Waals surface area contributed by atoms with Gasteiger partial charge in [-0.15, -0.1) is 0 Å². The van der Waals surface area contributed by atoms with Gasteiger partial charge in [0, 0.05) is 26.9 Å². The number of likely N-dealkylation sites (N-methyl/N-ethyl adjacent to an activating group) is 1. The molecular formula is C16H33NO2. The largest absolute Gasteiger partial charge is 0.385 e. The van der Waals surface area contributed by atoms with E-state index >= 15 is 0 Å². The van der Waals surface area contributed by atoms with Gasteiger partial charge in [-0.25, -0.2) is 0 Å². The maximum atomic E-state index is 6.23. The van der Waals surface area contributed by atoms with Crippen LogP contribution in [0.1, 0.15) is 52.9 Å². The fourth-order valence-electron chi connectivity index (χ4n) is 3.20. The lowest BCUT2D eigenvalue weighted by molar-refractivity contribution is -0.0870. The molecule has 0 aromatic carbocycles. The third-order valence-electron chi connectivity index (χ3n) is 4.52. The SMILES string of the molecule is CNCC1(OCCCOC)CCC(C(C)(C)C)CC1. The van der Waals surface area contributed by atoms with Gasteiger partial charge in [0.25, 0.3) is 0 Å². The Morgan fingerprint density at radius 1 is 1.16 bits per heavy atom. The molecule has 0 saturated heterocycles. The molecule has 114 valence electrons. The van der Waals surface area contributed by atoms with Crippen LogP contribution in [0.25, 0.3) is 0 Å². The van der Waals surface area contributed by atoms with E-state index in [9.17, 15) is 0 Å². The summed E-state index contributed by atoms with van der Waals surface area (Å²) in [6.45, 7) is 9.67. The highest BCUT2D eigenvalue weighted by Crippen LogP contribution is 2.42. The molecule has 1 rings (SSSR count). The average molecular weight is 271 g/mol. The van der Waals surface area contributed by atoms with Crippen molar-refractivity contribution in [3.8, 4) is 0 Å². The summed E-state index contributed by atoms with van der Waals surface area (Å²) in [7, 11) is 3.77. The Morgan fingerprint density at radius 3 is 2.26 bits per heavy atom. The maximum absolute atomic E-state index is 6.23. The summed E-state index contributed by atoms with van der Waals surface area (Å²) in [6.07, 6.45) is 5.93. The van der Waals surface area contributed by atoms with E-state index in [2.05, 4.69) is 26.1 Å². The zero-order valence-corrected chi connectivity index (χ0v) is 13.6. The predicted octanol–water partition coefficient (Wildman–Crippen LogP) is 3.23. The first kappa shape index (κ1) is 16.9. The summed E-state index contributed by atoms with van der Waals surface area (Å²) in [5.74, 6) is 0.833. The molecule has 0 aromatic heterocycles. The summed E-state index contributed by atoms with van der Waals surface area (Å²) in [5.41, 5.74) is 0.492. The second-order valence-electron chi connectivity index (χ2n) is 7.05. The zero-order chi connectivity index (χ0) is 14.4. The summed E-state index contributed by atoms with van der Waals surface area (Å²) >= 11 is 0. The van der Waals surface area contributed by atoms with Gasteiger partial charge in [0.2, 0.25) is 0 Å². The molecule has 1 aliphatic rings. The quantitative estimate of drug-likeness (QED) is 0.721. The summed E-state index contributed by atoms with van der Waals surface area (Å²) in [6, 6.07) is 0. The van der Waals surface area contributed by atoms with Crippen molar-refractivity contribution in [2.24, 2.45) is 11.3 Å². The lowest BCUT2D eigenvalue weighted by atomic mass is 9.68. The van der Waals surface area contributed by atoms with E-state index in [1.807, 2.05) is 7.05 Å². The molecule has 0 amide bonds. The molecule has 19 heavy (non-hydrogen) atoms. The van der Waals surface area contributed by atoms with Crippen LogP contribution in [0, 0.1) is 11.3 Å². The maximum Gasteiger partial charge on any atom is 0.0806 e. The van der Waals surface area contributed by atoms with Crippen LogP contribution in [-0.2, 0) is 9.47 Å². The van der Waals surface area contributed by atoms with Crippen LogP contribution >= 0.6 is 0 Å². The summed E-state index contributed by atoms with van der Waals surface area (Å²) < 4.78 is 11.3. The number of hydrogen-bond donors (Lipinski definition) is 1. The number of rotatable bonds is 7. The molecule has 1 fully saturated rings. The molecule has 1 saturated carbocycles. The van der Waals surface area contributed by atoms with E-state index in [0.29, 0.717) is 5.41 Å². The molecule has 0 radical (unpaired) electrons. The number of nitrogens with one attached hydrogen (secondary N) is 1. The van der Waals surface area contributed by atoms with Gasteiger partial charge in [-0.3, -0.25) is 0 Å². The van der Waals surface area contributed by atoms with E-state index in [-0.39, 0.29) is 5.60 Å². The van der Waals surface area contributed by atoms with E-state index in [0.717, 1.165) is 32.1 Å². The van der Waals surface area contributed by atoms with E-state index < -0.39 is 0 Å². The van der Waals surface area contributed by atoms with Gasteiger partial charge in [0.05, 0.1) is 5.60 Å². The van der Waals surface area contributed by atoms with Gasteiger partial charge < -0.3 is 14.8 Å². The van der Waals surface area contributed by atoms with Crippen LogP contribution in [0.4, 0.5) is 0 Å². The van der Waals surface area contributed by atoms with Crippen molar-refractivity contribution in [3.63, 3.8) is 0 Å². The Kier molecular flexibility index (Phi) is 6.78. The highest BCUT2D eigenvalue weighted by Gasteiger charge is 2.38. The van der Waals surface area contributed by atoms with E-state index in [1.165, 1.54) is 25.7 Å². The van der Waals surface area contributed by atoms with Crippen molar-refractivity contribution in [3.05, 3.63) is 0 Å². The third kappa shape index (κ3) is 5.41. The summed E-state index contributed by atoms with van der Waals surface area (Å²) in [5, 5.41) is 3.32. The van der Waals surface area contributed by atoms with E-state index in [1.54, 1.807) is 7.11 Å². The van der Waals surface area contributed by atoms with Gasteiger partial charge in [0.1, 0.15) is 0 Å². The van der Waals surface area contributed by atoms with Crippen molar-refractivity contribution in [1.82, 2.24) is 5.32 Å². The van der Waals surface area contributed by atoms with Gasteiger partial charge >= 0.3 is 0 Å². The van der Waals surface area contributed by atoms with E-state index in [4.69, 9.17) is 9.47 Å². The molecular weight excluding hydrogens is 238 g/mol. The highest BCUT2D eigenvalue weighted by molar-refractivity contribution is 4.91. The Hall–Kier alpha value is -0.120. The number of methoxy groups -OCH3 is 1. The lowest BCUT2D eigenvalue weighted by Crippen LogP contribution is -2.46. The molecule has 1 aliphatic carbocycles. The van der Waals surface area contributed by atoms with Crippen molar-refractivity contribution in [2.45, 2.75) is 58.5 Å². The van der Waals surface area contributed by atoms with Crippen molar-refractivity contribution < 1.29 is 9.47 Å².